The van der Waals surface area contributed by atoms with Crippen molar-refractivity contribution in [2.75, 3.05) is 37.7 Å². The van der Waals surface area contributed by atoms with E-state index in [4.69, 9.17) is 0 Å². The lowest BCUT2D eigenvalue weighted by Crippen LogP contribution is -2.56. The van der Waals surface area contributed by atoms with Gasteiger partial charge in [-0.1, -0.05) is 13.8 Å². The first-order valence-electron chi connectivity index (χ1n) is 7.24. The van der Waals surface area contributed by atoms with Crippen molar-refractivity contribution in [3.8, 4) is 0 Å². The molecule has 4 nitrogen and oxygen atoms in total. The van der Waals surface area contributed by atoms with Crippen LogP contribution in [0.4, 0.5) is 0 Å². The number of hydrogen-bond acceptors (Lipinski definition) is 4. The SMILES string of the molecule is CCC1CN2CCCC2CN1CCS(=O)(=O)CC. The van der Waals surface area contributed by atoms with Crippen molar-refractivity contribution in [2.24, 2.45) is 0 Å². The number of fused-ring (bicyclic) bond motifs is 1. The first-order valence-corrected chi connectivity index (χ1v) is 9.06. The van der Waals surface area contributed by atoms with Crippen LogP contribution in [-0.2, 0) is 9.84 Å². The quantitative estimate of drug-likeness (QED) is 0.749. The van der Waals surface area contributed by atoms with E-state index in [1.54, 1.807) is 6.92 Å². The monoisotopic (exact) mass is 274 g/mol. The third kappa shape index (κ3) is 3.25. The lowest BCUT2D eigenvalue weighted by molar-refractivity contribution is 0.0538. The highest BCUT2D eigenvalue weighted by atomic mass is 32.2. The number of rotatable bonds is 5. The first kappa shape index (κ1) is 14.3. The highest BCUT2D eigenvalue weighted by Gasteiger charge is 2.35. The largest absolute Gasteiger partial charge is 0.298 e. The minimum Gasteiger partial charge on any atom is -0.298 e. The molecule has 0 aromatic carbocycles. The molecule has 106 valence electrons. The Morgan fingerprint density at radius 2 is 2.00 bits per heavy atom. The van der Waals surface area contributed by atoms with Crippen molar-refractivity contribution in [2.45, 2.75) is 45.2 Å². The van der Waals surface area contributed by atoms with Gasteiger partial charge in [-0.05, 0) is 25.8 Å². The predicted molar refractivity (Wildman–Crippen MR) is 74.6 cm³/mol. The Labute approximate surface area is 111 Å². The molecule has 2 rings (SSSR count). The molecular formula is C13H26N2O2S. The summed E-state index contributed by atoms with van der Waals surface area (Å²) in [7, 11) is -2.83. The summed E-state index contributed by atoms with van der Waals surface area (Å²) in [6, 6.07) is 1.23. The zero-order chi connectivity index (χ0) is 13.2. The zero-order valence-electron chi connectivity index (χ0n) is 11.6. The van der Waals surface area contributed by atoms with E-state index >= 15 is 0 Å². The Kier molecular flexibility index (Phi) is 4.67. The van der Waals surface area contributed by atoms with Crippen LogP contribution in [0, 0.1) is 0 Å². The van der Waals surface area contributed by atoms with Crippen LogP contribution in [0.3, 0.4) is 0 Å². The number of nitrogens with zero attached hydrogens (tertiary/aromatic N) is 2. The van der Waals surface area contributed by atoms with Gasteiger partial charge in [-0.3, -0.25) is 9.80 Å². The van der Waals surface area contributed by atoms with Crippen LogP contribution in [0.1, 0.15) is 33.1 Å². The first-order chi connectivity index (χ1) is 8.55. The fourth-order valence-corrected chi connectivity index (χ4v) is 4.01. The Hall–Kier alpha value is -0.130. The molecule has 0 spiro atoms. The maximum absolute atomic E-state index is 11.6. The van der Waals surface area contributed by atoms with Gasteiger partial charge in [-0.2, -0.15) is 0 Å². The van der Waals surface area contributed by atoms with Gasteiger partial charge in [0.15, 0.2) is 9.84 Å². The Morgan fingerprint density at radius 3 is 2.67 bits per heavy atom. The topological polar surface area (TPSA) is 40.6 Å². The minimum atomic E-state index is -2.83. The average molecular weight is 274 g/mol. The molecule has 2 heterocycles. The molecule has 0 aromatic heterocycles. The van der Waals surface area contributed by atoms with Crippen LogP contribution >= 0.6 is 0 Å². The molecule has 2 aliphatic heterocycles. The third-order valence-corrected chi connectivity index (χ3v) is 6.19. The van der Waals surface area contributed by atoms with Crippen molar-refractivity contribution >= 4 is 9.84 Å². The summed E-state index contributed by atoms with van der Waals surface area (Å²) in [5, 5.41) is 0. The molecule has 18 heavy (non-hydrogen) atoms. The summed E-state index contributed by atoms with van der Waals surface area (Å²) in [4.78, 5) is 5.01. The Morgan fingerprint density at radius 1 is 1.22 bits per heavy atom. The van der Waals surface area contributed by atoms with E-state index in [1.165, 1.54) is 19.4 Å². The van der Waals surface area contributed by atoms with Crippen LogP contribution < -0.4 is 0 Å². The molecule has 2 fully saturated rings. The van der Waals surface area contributed by atoms with Gasteiger partial charge in [0.05, 0.1) is 5.75 Å². The second-order valence-electron chi connectivity index (χ2n) is 5.58. The predicted octanol–water partition coefficient (Wildman–Crippen LogP) is 0.980. The molecule has 2 aliphatic rings. The second kappa shape index (κ2) is 5.88. The van der Waals surface area contributed by atoms with Gasteiger partial charge in [0.25, 0.3) is 0 Å². The van der Waals surface area contributed by atoms with E-state index in [0.29, 0.717) is 17.8 Å². The molecule has 0 saturated carbocycles. The van der Waals surface area contributed by atoms with E-state index in [-0.39, 0.29) is 5.75 Å². The normalized spacial score (nSPS) is 30.6. The molecular weight excluding hydrogens is 248 g/mol. The van der Waals surface area contributed by atoms with Crippen molar-refractivity contribution in [3.05, 3.63) is 0 Å². The summed E-state index contributed by atoms with van der Waals surface area (Å²) in [6.07, 6.45) is 3.71. The summed E-state index contributed by atoms with van der Waals surface area (Å²) >= 11 is 0. The van der Waals surface area contributed by atoms with E-state index in [1.807, 2.05) is 0 Å². The fourth-order valence-electron chi connectivity index (χ4n) is 3.21. The molecule has 2 saturated heterocycles. The summed E-state index contributed by atoms with van der Waals surface area (Å²) < 4.78 is 23.3. The second-order valence-corrected chi connectivity index (χ2v) is 8.06. The summed E-state index contributed by atoms with van der Waals surface area (Å²) in [6.45, 7) is 8.11. The maximum Gasteiger partial charge on any atom is 0.151 e. The highest BCUT2D eigenvalue weighted by molar-refractivity contribution is 7.91. The Bertz CT molecular complexity index is 369. The van der Waals surface area contributed by atoms with Crippen LogP contribution in [0.2, 0.25) is 0 Å². The number of hydrogen-bond donors (Lipinski definition) is 0. The van der Waals surface area contributed by atoms with Gasteiger partial charge >= 0.3 is 0 Å². The molecule has 0 aliphatic carbocycles. The van der Waals surface area contributed by atoms with Gasteiger partial charge in [0, 0.05) is 37.5 Å². The van der Waals surface area contributed by atoms with Gasteiger partial charge in [0.2, 0.25) is 0 Å². The van der Waals surface area contributed by atoms with E-state index in [0.717, 1.165) is 26.1 Å². The highest BCUT2D eigenvalue weighted by Crippen LogP contribution is 2.25. The molecule has 0 amide bonds. The summed E-state index contributed by atoms with van der Waals surface area (Å²) in [5.41, 5.74) is 0. The zero-order valence-corrected chi connectivity index (χ0v) is 12.5. The number of sulfone groups is 1. The van der Waals surface area contributed by atoms with Crippen LogP contribution in [0.25, 0.3) is 0 Å². The van der Waals surface area contributed by atoms with E-state index in [9.17, 15) is 8.42 Å². The standard InChI is InChI=1S/C13H26N2O2S/c1-3-12-10-14-7-5-6-13(14)11-15(12)8-9-18(16,17)4-2/h12-13H,3-11H2,1-2H3. The fraction of sp³-hybridized carbons (Fsp3) is 1.00. The van der Waals surface area contributed by atoms with Gasteiger partial charge < -0.3 is 0 Å². The molecule has 2 unspecified atom stereocenters. The molecule has 0 radical (unpaired) electrons. The van der Waals surface area contributed by atoms with Crippen LogP contribution in [0.15, 0.2) is 0 Å². The molecule has 0 N–H and O–H groups in total. The summed E-state index contributed by atoms with van der Waals surface area (Å²) in [5.74, 6) is 0.597. The number of piperazine rings is 1. The van der Waals surface area contributed by atoms with Crippen molar-refractivity contribution in [3.63, 3.8) is 0 Å². The molecule has 0 aromatic rings. The lowest BCUT2D eigenvalue weighted by atomic mass is 10.1. The average Bonchev–Trinajstić information content (AvgIpc) is 2.82. The molecule has 0 bridgehead atoms. The lowest BCUT2D eigenvalue weighted by Gasteiger charge is -2.43. The molecule has 5 heteroatoms. The van der Waals surface area contributed by atoms with Gasteiger partial charge in [-0.15, -0.1) is 0 Å². The minimum absolute atomic E-state index is 0.271. The molecule has 2 atom stereocenters. The smallest absolute Gasteiger partial charge is 0.151 e. The van der Waals surface area contributed by atoms with E-state index in [2.05, 4.69) is 16.7 Å². The van der Waals surface area contributed by atoms with Gasteiger partial charge in [-0.25, -0.2) is 8.42 Å². The van der Waals surface area contributed by atoms with Crippen LogP contribution in [0.5, 0.6) is 0 Å². The van der Waals surface area contributed by atoms with Crippen molar-refractivity contribution in [1.82, 2.24) is 9.80 Å². The maximum atomic E-state index is 11.6. The van der Waals surface area contributed by atoms with Crippen molar-refractivity contribution in [1.29, 1.82) is 0 Å². The third-order valence-electron chi connectivity index (χ3n) is 4.51. The Balaban J connectivity index is 1.93. The van der Waals surface area contributed by atoms with Gasteiger partial charge in [0.1, 0.15) is 0 Å². The van der Waals surface area contributed by atoms with E-state index < -0.39 is 9.84 Å². The van der Waals surface area contributed by atoms with Crippen LogP contribution in [-0.4, -0.2) is 68.0 Å². The van der Waals surface area contributed by atoms with Crippen molar-refractivity contribution < 1.29 is 8.42 Å².